The first-order valence-corrected chi connectivity index (χ1v) is 3.76. The Balaban J connectivity index is 3.20. The summed E-state index contributed by atoms with van der Waals surface area (Å²) in [6, 6.07) is 0. The molecule has 0 fully saturated rings. The van der Waals surface area contributed by atoms with E-state index in [9.17, 15) is 19.5 Å². The Morgan fingerprint density at radius 2 is 1.73 bits per heavy atom. The van der Waals surface area contributed by atoms with E-state index in [1.807, 2.05) is 0 Å². The highest BCUT2D eigenvalue weighted by atomic mass is 16.5. The summed E-state index contributed by atoms with van der Waals surface area (Å²) in [7, 11) is 2.10. The Labute approximate surface area is 84.0 Å². The van der Waals surface area contributed by atoms with Crippen LogP contribution in [0, 0.1) is 0 Å². The van der Waals surface area contributed by atoms with Crippen molar-refractivity contribution < 1.29 is 29.0 Å². The number of aliphatic imine (C=N–C) groups is 1. The summed E-state index contributed by atoms with van der Waals surface area (Å²) in [6.07, 6.45) is 0. The molecular formula is C8H7NO6. The third kappa shape index (κ3) is 1.71. The van der Waals surface area contributed by atoms with E-state index in [-0.39, 0.29) is 0 Å². The van der Waals surface area contributed by atoms with Crippen LogP contribution in [0.25, 0.3) is 0 Å². The predicted molar refractivity (Wildman–Crippen MR) is 46.1 cm³/mol. The highest BCUT2D eigenvalue weighted by molar-refractivity contribution is 6.53. The minimum absolute atomic E-state index is 0.549. The first-order valence-electron chi connectivity index (χ1n) is 3.76. The largest absolute Gasteiger partial charge is 0.502 e. The maximum atomic E-state index is 11.1. The highest BCUT2D eigenvalue weighted by Crippen LogP contribution is 2.16. The molecule has 15 heavy (non-hydrogen) atoms. The summed E-state index contributed by atoms with van der Waals surface area (Å²) >= 11 is 0. The number of methoxy groups -OCH3 is 2. The molecule has 1 rings (SSSR count). The van der Waals surface area contributed by atoms with Crippen molar-refractivity contribution in [3.05, 3.63) is 11.3 Å². The molecule has 1 amide bonds. The molecule has 0 aliphatic carbocycles. The van der Waals surface area contributed by atoms with Gasteiger partial charge in [0.15, 0.2) is 5.71 Å². The lowest BCUT2D eigenvalue weighted by Crippen LogP contribution is -2.22. The van der Waals surface area contributed by atoms with E-state index in [1.165, 1.54) is 0 Å². The van der Waals surface area contributed by atoms with Crippen LogP contribution in [0.1, 0.15) is 0 Å². The van der Waals surface area contributed by atoms with E-state index in [0.717, 1.165) is 14.2 Å². The van der Waals surface area contributed by atoms with Gasteiger partial charge in [-0.25, -0.2) is 9.59 Å². The number of carbonyl (C=O) groups excluding carboxylic acids is 3. The summed E-state index contributed by atoms with van der Waals surface area (Å²) in [5.41, 5.74) is -1.12. The number of esters is 2. The van der Waals surface area contributed by atoms with Crippen molar-refractivity contribution in [2.75, 3.05) is 14.2 Å². The molecule has 1 aliphatic heterocycles. The molecule has 0 spiro atoms. The van der Waals surface area contributed by atoms with Gasteiger partial charge in [0.1, 0.15) is 5.57 Å². The molecule has 0 aromatic rings. The van der Waals surface area contributed by atoms with Gasteiger partial charge in [-0.2, -0.15) is 4.99 Å². The summed E-state index contributed by atoms with van der Waals surface area (Å²) in [6.45, 7) is 0. The zero-order valence-electron chi connectivity index (χ0n) is 7.94. The molecule has 1 N–H and O–H groups in total. The van der Waals surface area contributed by atoms with Crippen LogP contribution in [0.5, 0.6) is 0 Å². The van der Waals surface area contributed by atoms with Gasteiger partial charge >= 0.3 is 17.8 Å². The minimum Gasteiger partial charge on any atom is -0.502 e. The SMILES string of the molecule is COC(=O)C1=NC(=O)C(O)=C1C(=O)OC. The van der Waals surface area contributed by atoms with E-state index in [2.05, 4.69) is 14.5 Å². The number of aliphatic hydroxyl groups excluding tert-OH is 1. The quantitative estimate of drug-likeness (QED) is 0.598. The number of carbonyl (C=O) groups is 3. The number of aliphatic hydroxyl groups is 1. The Morgan fingerprint density at radius 3 is 2.20 bits per heavy atom. The van der Waals surface area contributed by atoms with Gasteiger partial charge in [0.2, 0.25) is 5.76 Å². The zero-order chi connectivity index (χ0) is 11.6. The first-order chi connectivity index (χ1) is 7.02. The average Bonchev–Trinajstić information content (AvgIpc) is 2.53. The van der Waals surface area contributed by atoms with Crippen molar-refractivity contribution in [2.45, 2.75) is 0 Å². The predicted octanol–water partition coefficient (Wildman–Crippen LogP) is -0.874. The maximum Gasteiger partial charge on any atom is 0.357 e. The molecule has 1 aliphatic rings. The van der Waals surface area contributed by atoms with Crippen molar-refractivity contribution >= 4 is 23.6 Å². The van der Waals surface area contributed by atoms with Crippen LogP contribution in [-0.4, -0.2) is 42.9 Å². The van der Waals surface area contributed by atoms with Gasteiger partial charge in [0, 0.05) is 0 Å². The van der Waals surface area contributed by atoms with Gasteiger partial charge in [0.05, 0.1) is 14.2 Å². The number of hydrogen-bond donors (Lipinski definition) is 1. The van der Waals surface area contributed by atoms with Gasteiger partial charge in [0.25, 0.3) is 0 Å². The van der Waals surface area contributed by atoms with E-state index in [4.69, 9.17) is 0 Å². The van der Waals surface area contributed by atoms with Crippen LogP contribution in [0.4, 0.5) is 0 Å². The molecule has 80 valence electrons. The minimum atomic E-state index is -1.07. The molecule has 0 aromatic heterocycles. The van der Waals surface area contributed by atoms with Crippen molar-refractivity contribution in [3.63, 3.8) is 0 Å². The van der Waals surface area contributed by atoms with Crippen molar-refractivity contribution in [3.8, 4) is 0 Å². The number of rotatable bonds is 2. The lowest BCUT2D eigenvalue weighted by molar-refractivity contribution is -0.137. The zero-order valence-corrected chi connectivity index (χ0v) is 7.94. The highest BCUT2D eigenvalue weighted by Gasteiger charge is 2.36. The molecule has 0 radical (unpaired) electrons. The van der Waals surface area contributed by atoms with Gasteiger partial charge in [-0.15, -0.1) is 0 Å². The van der Waals surface area contributed by atoms with Crippen LogP contribution in [0.2, 0.25) is 0 Å². The van der Waals surface area contributed by atoms with Gasteiger partial charge in [-0.1, -0.05) is 0 Å². The Morgan fingerprint density at radius 1 is 1.20 bits per heavy atom. The maximum absolute atomic E-state index is 11.1. The van der Waals surface area contributed by atoms with Crippen LogP contribution in [0.3, 0.4) is 0 Å². The molecule has 0 atom stereocenters. The fraction of sp³-hybridized carbons (Fsp3) is 0.250. The molecule has 1 heterocycles. The smallest absolute Gasteiger partial charge is 0.357 e. The second kappa shape index (κ2) is 3.91. The van der Waals surface area contributed by atoms with Crippen molar-refractivity contribution in [1.29, 1.82) is 0 Å². The third-order valence-electron chi connectivity index (χ3n) is 1.66. The molecule has 0 bridgehead atoms. The molecule has 0 unspecified atom stereocenters. The number of ether oxygens (including phenoxy) is 2. The van der Waals surface area contributed by atoms with Crippen LogP contribution < -0.4 is 0 Å². The second-order valence-corrected chi connectivity index (χ2v) is 2.47. The Hall–Kier alpha value is -2.18. The molecule has 0 aromatic carbocycles. The normalized spacial score (nSPS) is 15.1. The van der Waals surface area contributed by atoms with E-state index in [1.54, 1.807) is 0 Å². The molecule has 7 nitrogen and oxygen atoms in total. The second-order valence-electron chi connectivity index (χ2n) is 2.47. The summed E-state index contributed by atoms with van der Waals surface area (Å²) < 4.78 is 8.56. The lowest BCUT2D eigenvalue weighted by atomic mass is 10.1. The molecular weight excluding hydrogens is 206 g/mol. The van der Waals surface area contributed by atoms with Crippen LogP contribution in [-0.2, 0) is 23.9 Å². The van der Waals surface area contributed by atoms with Gasteiger partial charge < -0.3 is 14.6 Å². The number of nitrogens with zero attached hydrogens (tertiary/aromatic N) is 1. The van der Waals surface area contributed by atoms with E-state index in [0.29, 0.717) is 0 Å². The topological polar surface area (TPSA) is 102 Å². The van der Waals surface area contributed by atoms with Crippen molar-refractivity contribution in [2.24, 2.45) is 4.99 Å². The lowest BCUT2D eigenvalue weighted by Gasteiger charge is -2.01. The van der Waals surface area contributed by atoms with Gasteiger partial charge in [-0.05, 0) is 0 Å². The fourth-order valence-electron chi connectivity index (χ4n) is 0.969. The molecule has 0 saturated heterocycles. The van der Waals surface area contributed by atoms with Crippen LogP contribution in [0.15, 0.2) is 16.3 Å². The summed E-state index contributed by atoms with van der Waals surface area (Å²) in [5.74, 6) is -4.01. The molecule has 0 saturated carbocycles. The first kappa shape index (κ1) is 10.9. The van der Waals surface area contributed by atoms with E-state index >= 15 is 0 Å². The van der Waals surface area contributed by atoms with Gasteiger partial charge in [-0.3, -0.25) is 4.79 Å². The number of hydrogen-bond acceptors (Lipinski definition) is 6. The average molecular weight is 213 g/mol. The third-order valence-corrected chi connectivity index (χ3v) is 1.66. The Bertz CT molecular complexity index is 405. The summed E-state index contributed by atoms with van der Waals surface area (Å²) in [4.78, 5) is 36.3. The number of amides is 1. The summed E-state index contributed by atoms with van der Waals surface area (Å²) in [5, 5.41) is 9.18. The fourth-order valence-corrected chi connectivity index (χ4v) is 0.969. The standard InChI is InChI=1S/C8H7NO6/c1-14-7(12)3-4(8(13)15-2)9-6(11)5(3)10/h1-2H3,(H,9,10,11). The molecule has 7 heteroatoms. The van der Waals surface area contributed by atoms with Crippen molar-refractivity contribution in [1.82, 2.24) is 0 Å². The monoisotopic (exact) mass is 213 g/mol. The van der Waals surface area contributed by atoms with E-state index < -0.39 is 34.9 Å². The van der Waals surface area contributed by atoms with Crippen LogP contribution >= 0.6 is 0 Å². The Kier molecular flexibility index (Phi) is 2.84.